The van der Waals surface area contributed by atoms with Gasteiger partial charge in [-0.05, 0) is 31.2 Å². The molecule has 5 heteroatoms. The number of rotatable bonds is 5. The van der Waals surface area contributed by atoms with Crippen LogP contribution in [-0.4, -0.2) is 11.5 Å². The average molecular weight is 258 g/mol. The largest absolute Gasteiger partial charge is 0.492 e. The van der Waals surface area contributed by atoms with Crippen molar-refractivity contribution in [1.29, 1.82) is 0 Å². The van der Waals surface area contributed by atoms with Crippen LogP contribution >= 0.6 is 0 Å². The standard InChI is InChI=1S/C14H14N2O3/c1-2-19-14-6-4-3-5-13(14)15-11-7-9-12(10-8-11)16(17)18/h3-10,15H,2H2,1H3. The summed E-state index contributed by atoms with van der Waals surface area (Å²) in [5.74, 6) is 0.753. The third-order valence-corrected chi connectivity index (χ3v) is 2.54. The number of nitrogens with zero attached hydrogens (tertiary/aromatic N) is 1. The van der Waals surface area contributed by atoms with Crippen molar-refractivity contribution in [2.45, 2.75) is 6.92 Å². The summed E-state index contributed by atoms with van der Waals surface area (Å²) in [6.07, 6.45) is 0. The van der Waals surface area contributed by atoms with Crippen LogP contribution in [0.15, 0.2) is 48.5 Å². The predicted molar refractivity (Wildman–Crippen MR) is 74.0 cm³/mol. The highest BCUT2D eigenvalue weighted by atomic mass is 16.6. The van der Waals surface area contributed by atoms with Crippen LogP contribution in [0, 0.1) is 10.1 Å². The van der Waals surface area contributed by atoms with E-state index in [-0.39, 0.29) is 5.69 Å². The number of non-ortho nitro benzene ring substituents is 1. The van der Waals surface area contributed by atoms with Crippen molar-refractivity contribution >= 4 is 17.1 Å². The monoisotopic (exact) mass is 258 g/mol. The topological polar surface area (TPSA) is 64.4 Å². The molecule has 2 aromatic carbocycles. The Bertz CT molecular complexity index is 567. The van der Waals surface area contributed by atoms with Gasteiger partial charge in [-0.25, -0.2) is 0 Å². The summed E-state index contributed by atoms with van der Waals surface area (Å²) in [6, 6.07) is 13.8. The highest BCUT2D eigenvalue weighted by Crippen LogP contribution is 2.28. The molecule has 0 aliphatic carbocycles. The molecular weight excluding hydrogens is 244 g/mol. The van der Waals surface area contributed by atoms with E-state index >= 15 is 0 Å². The lowest BCUT2D eigenvalue weighted by Crippen LogP contribution is -1.97. The highest BCUT2D eigenvalue weighted by molar-refractivity contribution is 5.66. The Balaban J connectivity index is 2.19. The van der Waals surface area contributed by atoms with Gasteiger partial charge in [-0.15, -0.1) is 0 Å². The van der Waals surface area contributed by atoms with E-state index in [9.17, 15) is 10.1 Å². The fraction of sp³-hybridized carbons (Fsp3) is 0.143. The van der Waals surface area contributed by atoms with Crippen LogP contribution in [0.2, 0.25) is 0 Å². The van der Waals surface area contributed by atoms with E-state index in [0.29, 0.717) is 6.61 Å². The van der Waals surface area contributed by atoms with Crippen molar-refractivity contribution in [1.82, 2.24) is 0 Å². The van der Waals surface area contributed by atoms with Gasteiger partial charge in [0.2, 0.25) is 0 Å². The molecule has 2 aromatic rings. The van der Waals surface area contributed by atoms with Crippen LogP contribution in [0.4, 0.5) is 17.1 Å². The van der Waals surface area contributed by atoms with Crippen LogP contribution in [0.5, 0.6) is 5.75 Å². The summed E-state index contributed by atoms with van der Waals surface area (Å²) in [5.41, 5.74) is 1.68. The molecule has 0 saturated carbocycles. The molecule has 0 atom stereocenters. The zero-order valence-corrected chi connectivity index (χ0v) is 10.5. The molecule has 0 radical (unpaired) electrons. The minimum atomic E-state index is -0.419. The lowest BCUT2D eigenvalue weighted by molar-refractivity contribution is -0.384. The molecule has 5 nitrogen and oxygen atoms in total. The Kier molecular flexibility index (Phi) is 3.97. The van der Waals surface area contributed by atoms with E-state index in [4.69, 9.17) is 4.74 Å². The van der Waals surface area contributed by atoms with E-state index in [0.717, 1.165) is 17.1 Å². The first-order valence-electron chi connectivity index (χ1n) is 5.94. The molecule has 0 saturated heterocycles. The zero-order valence-electron chi connectivity index (χ0n) is 10.5. The van der Waals surface area contributed by atoms with Gasteiger partial charge in [0.1, 0.15) is 5.75 Å². The first-order valence-corrected chi connectivity index (χ1v) is 5.94. The van der Waals surface area contributed by atoms with E-state index in [1.807, 2.05) is 31.2 Å². The van der Waals surface area contributed by atoms with Gasteiger partial charge in [0.25, 0.3) is 5.69 Å². The maximum atomic E-state index is 10.6. The third kappa shape index (κ3) is 3.22. The van der Waals surface area contributed by atoms with E-state index in [1.165, 1.54) is 12.1 Å². The number of benzene rings is 2. The number of hydrogen-bond acceptors (Lipinski definition) is 4. The van der Waals surface area contributed by atoms with Crippen molar-refractivity contribution < 1.29 is 9.66 Å². The summed E-state index contributed by atoms with van der Waals surface area (Å²) in [6.45, 7) is 2.50. The minimum absolute atomic E-state index is 0.0728. The van der Waals surface area contributed by atoms with Crippen molar-refractivity contribution in [2.75, 3.05) is 11.9 Å². The second-order valence-corrected chi connectivity index (χ2v) is 3.86. The van der Waals surface area contributed by atoms with Gasteiger partial charge in [0.05, 0.1) is 17.2 Å². The minimum Gasteiger partial charge on any atom is -0.492 e. The maximum absolute atomic E-state index is 10.6. The molecule has 0 aliphatic heterocycles. The summed E-state index contributed by atoms with van der Waals surface area (Å²) in [5, 5.41) is 13.8. The lowest BCUT2D eigenvalue weighted by atomic mass is 10.2. The molecule has 98 valence electrons. The van der Waals surface area contributed by atoms with Gasteiger partial charge < -0.3 is 10.1 Å². The SMILES string of the molecule is CCOc1ccccc1Nc1ccc([N+](=O)[O-])cc1. The Morgan fingerprint density at radius 1 is 1.16 bits per heavy atom. The average Bonchev–Trinajstić information content (AvgIpc) is 2.42. The van der Waals surface area contributed by atoms with E-state index in [1.54, 1.807) is 12.1 Å². The van der Waals surface area contributed by atoms with Crippen LogP contribution in [0.1, 0.15) is 6.92 Å². The molecule has 0 heterocycles. The smallest absolute Gasteiger partial charge is 0.269 e. The summed E-state index contributed by atoms with van der Waals surface area (Å²) in [7, 11) is 0. The van der Waals surface area contributed by atoms with Crippen molar-refractivity contribution in [2.24, 2.45) is 0 Å². The second-order valence-electron chi connectivity index (χ2n) is 3.86. The van der Waals surface area contributed by atoms with Crippen LogP contribution in [-0.2, 0) is 0 Å². The summed E-state index contributed by atoms with van der Waals surface area (Å²) in [4.78, 5) is 10.2. The fourth-order valence-corrected chi connectivity index (χ4v) is 1.67. The molecule has 1 N–H and O–H groups in total. The van der Waals surface area contributed by atoms with E-state index in [2.05, 4.69) is 5.32 Å². The first kappa shape index (κ1) is 12.9. The number of nitro benzene ring substituents is 1. The normalized spacial score (nSPS) is 9.95. The summed E-state index contributed by atoms with van der Waals surface area (Å²) < 4.78 is 5.50. The number of para-hydroxylation sites is 2. The fourth-order valence-electron chi connectivity index (χ4n) is 1.67. The quantitative estimate of drug-likeness (QED) is 0.655. The zero-order chi connectivity index (χ0) is 13.7. The molecule has 0 unspecified atom stereocenters. The third-order valence-electron chi connectivity index (χ3n) is 2.54. The molecule has 0 aliphatic rings. The molecule has 19 heavy (non-hydrogen) atoms. The number of nitro groups is 1. The second kappa shape index (κ2) is 5.86. The van der Waals surface area contributed by atoms with Crippen LogP contribution < -0.4 is 10.1 Å². The highest BCUT2D eigenvalue weighted by Gasteiger charge is 2.06. The predicted octanol–water partition coefficient (Wildman–Crippen LogP) is 3.74. The number of ether oxygens (including phenoxy) is 1. The molecule has 0 amide bonds. The number of nitrogens with one attached hydrogen (secondary N) is 1. The lowest BCUT2D eigenvalue weighted by Gasteiger charge is -2.11. The molecule has 0 bridgehead atoms. The Labute approximate surface area is 111 Å². The van der Waals surface area contributed by atoms with E-state index < -0.39 is 4.92 Å². The van der Waals surface area contributed by atoms with Crippen LogP contribution in [0.3, 0.4) is 0 Å². The van der Waals surface area contributed by atoms with Gasteiger partial charge in [-0.2, -0.15) is 0 Å². The van der Waals surface area contributed by atoms with Crippen molar-refractivity contribution in [3.05, 3.63) is 58.6 Å². The Morgan fingerprint density at radius 3 is 2.47 bits per heavy atom. The molecular formula is C14H14N2O3. The van der Waals surface area contributed by atoms with Crippen molar-refractivity contribution in [3.63, 3.8) is 0 Å². The van der Waals surface area contributed by atoms with Gasteiger partial charge in [0.15, 0.2) is 0 Å². The first-order chi connectivity index (χ1) is 9.20. The van der Waals surface area contributed by atoms with Crippen LogP contribution in [0.25, 0.3) is 0 Å². The van der Waals surface area contributed by atoms with Gasteiger partial charge in [-0.3, -0.25) is 10.1 Å². The van der Waals surface area contributed by atoms with Gasteiger partial charge in [-0.1, -0.05) is 12.1 Å². The van der Waals surface area contributed by atoms with Crippen molar-refractivity contribution in [3.8, 4) is 5.75 Å². The molecule has 0 aromatic heterocycles. The summed E-state index contributed by atoms with van der Waals surface area (Å²) >= 11 is 0. The molecule has 2 rings (SSSR count). The number of hydrogen-bond donors (Lipinski definition) is 1. The number of anilines is 2. The Morgan fingerprint density at radius 2 is 1.84 bits per heavy atom. The maximum Gasteiger partial charge on any atom is 0.269 e. The molecule has 0 spiro atoms. The molecule has 0 fully saturated rings. The Hall–Kier alpha value is -2.56. The van der Waals surface area contributed by atoms with Gasteiger partial charge in [0, 0.05) is 17.8 Å². The van der Waals surface area contributed by atoms with Gasteiger partial charge >= 0.3 is 0 Å².